The molecule has 0 aliphatic carbocycles. The van der Waals surface area contributed by atoms with E-state index in [9.17, 15) is 0 Å². The van der Waals surface area contributed by atoms with Gasteiger partial charge in [-0.1, -0.05) is 0 Å². The predicted octanol–water partition coefficient (Wildman–Crippen LogP) is -2.38. The van der Waals surface area contributed by atoms with E-state index in [-0.39, 0.29) is 13.2 Å². The van der Waals surface area contributed by atoms with Gasteiger partial charge in [0.2, 0.25) is 0 Å². The maximum Gasteiger partial charge on any atom is 0.277 e. The van der Waals surface area contributed by atoms with Gasteiger partial charge in [-0.3, -0.25) is 0 Å². The van der Waals surface area contributed by atoms with Crippen molar-refractivity contribution in [1.29, 1.82) is 0 Å². The molecule has 5 heteroatoms. The number of hydrogen-bond donors (Lipinski definition) is 4. The lowest BCUT2D eigenvalue weighted by molar-refractivity contribution is 0.267. The van der Waals surface area contributed by atoms with Crippen molar-refractivity contribution in [2.24, 2.45) is 0 Å². The smallest absolute Gasteiger partial charge is 0.277 e. The highest BCUT2D eigenvalue weighted by molar-refractivity contribution is 5.95. The maximum absolute atomic E-state index is 8.15. The normalized spacial score (nSPS) is 7.89. The molecule has 0 saturated carbocycles. The topological polar surface area (TPSA) is 72.7 Å². The van der Waals surface area contributed by atoms with Crippen molar-refractivity contribution in [3.63, 3.8) is 0 Å². The lowest BCUT2D eigenvalue weighted by Gasteiger charge is -1.94. The quantitative estimate of drug-likeness (QED) is 0.255. The van der Waals surface area contributed by atoms with Crippen LogP contribution in [0.25, 0.3) is 0 Å². The summed E-state index contributed by atoms with van der Waals surface area (Å²) in [7, 11) is 3.50. The van der Waals surface area contributed by atoms with E-state index >= 15 is 0 Å². The highest BCUT2D eigenvalue weighted by atomic mass is 16.3. The maximum atomic E-state index is 8.15. The molecule has 9 heavy (non-hydrogen) atoms. The molecule has 0 rings (SSSR count). The molecule has 0 amide bonds. The fourth-order valence-electron chi connectivity index (χ4n) is 0.283. The first-order valence-electron chi connectivity index (χ1n) is 2.60. The molecule has 54 valence electrons. The second kappa shape index (κ2) is 15.7. The second-order valence-electron chi connectivity index (χ2n) is 1.20. The zero-order valence-electron chi connectivity index (χ0n) is 5.25. The van der Waals surface area contributed by atoms with Crippen molar-refractivity contribution >= 4 is 8.05 Å². The van der Waals surface area contributed by atoms with Crippen LogP contribution in [-0.4, -0.2) is 49.6 Å². The number of hydrogen-bond acceptors (Lipinski definition) is 4. The van der Waals surface area contributed by atoms with Gasteiger partial charge in [0.1, 0.15) is 0 Å². The third kappa shape index (κ3) is 18.1. The molecule has 0 saturated heterocycles. The van der Waals surface area contributed by atoms with Crippen LogP contribution >= 0.6 is 0 Å². The van der Waals surface area contributed by atoms with E-state index in [0.29, 0.717) is 13.1 Å². The summed E-state index contributed by atoms with van der Waals surface area (Å²) in [5, 5.41) is 25.6. The lowest BCUT2D eigenvalue weighted by atomic mass is 10.6. The van der Waals surface area contributed by atoms with Crippen molar-refractivity contribution < 1.29 is 15.2 Å². The van der Waals surface area contributed by atoms with E-state index in [1.165, 1.54) is 0 Å². The third-order valence-corrected chi connectivity index (χ3v) is 0.577. The fraction of sp³-hybridized carbons (Fsp3) is 1.00. The number of nitrogens with one attached hydrogen (secondary N) is 1. The third-order valence-electron chi connectivity index (χ3n) is 0.577. The molecule has 0 atom stereocenters. The van der Waals surface area contributed by atoms with E-state index in [4.69, 9.17) is 15.2 Å². The summed E-state index contributed by atoms with van der Waals surface area (Å²) in [6, 6.07) is 0. The van der Waals surface area contributed by atoms with Crippen molar-refractivity contribution in [2.75, 3.05) is 26.3 Å². The van der Waals surface area contributed by atoms with Gasteiger partial charge >= 0.3 is 0 Å². The Bertz CT molecular complexity index is 35.0. The van der Waals surface area contributed by atoms with Gasteiger partial charge in [0, 0.05) is 13.1 Å². The minimum absolute atomic E-state index is 0.139. The monoisotopic (exact) mass is 133 g/mol. The number of aliphatic hydroxyl groups is 2. The van der Waals surface area contributed by atoms with Crippen molar-refractivity contribution in [1.82, 2.24) is 5.32 Å². The van der Waals surface area contributed by atoms with Gasteiger partial charge < -0.3 is 20.6 Å². The minimum Gasteiger partial charge on any atom is -0.461 e. The van der Waals surface area contributed by atoms with E-state index in [2.05, 4.69) is 13.4 Å². The molecule has 0 aromatic rings. The first kappa shape index (κ1) is 11.7. The highest BCUT2D eigenvalue weighted by Gasteiger charge is 1.78. The van der Waals surface area contributed by atoms with Crippen LogP contribution in [0, 0.1) is 0 Å². The van der Waals surface area contributed by atoms with Crippen LogP contribution in [0.3, 0.4) is 0 Å². The summed E-state index contributed by atoms with van der Waals surface area (Å²) in [5.74, 6) is 0. The molecule has 2 radical (unpaired) electrons. The standard InChI is InChI=1S/C4H11NO2.BHO/c6-3-1-5-2-4-7;1-2/h5-7H,1-4H2;2H. The molecule has 0 fully saturated rings. The number of aliphatic hydroxyl groups excluding tert-OH is 2. The average molecular weight is 133 g/mol. The van der Waals surface area contributed by atoms with Crippen molar-refractivity contribution in [3.05, 3.63) is 0 Å². The summed E-state index contributed by atoms with van der Waals surface area (Å²) >= 11 is 0. The first-order chi connectivity index (χ1) is 4.41. The summed E-state index contributed by atoms with van der Waals surface area (Å²) < 4.78 is 0. The van der Waals surface area contributed by atoms with Gasteiger partial charge in [0.15, 0.2) is 0 Å². The van der Waals surface area contributed by atoms with E-state index < -0.39 is 0 Å². The van der Waals surface area contributed by atoms with Gasteiger partial charge in [-0.15, -0.1) is 0 Å². The Morgan fingerprint density at radius 3 is 1.56 bits per heavy atom. The molecule has 0 unspecified atom stereocenters. The van der Waals surface area contributed by atoms with Crippen LogP contribution in [0.15, 0.2) is 0 Å². The lowest BCUT2D eigenvalue weighted by Crippen LogP contribution is -2.21. The molecule has 0 spiro atoms. The van der Waals surface area contributed by atoms with Gasteiger partial charge in [-0.2, -0.15) is 0 Å². The summed E-state index contributed by atoms with van der Waals surface area (Å²) in [5.41, 5.74) is 0. The molecule has 0 aliphatic heterocycles. The largest absolute Gasteiger partial charge is 0.461 e. The van der Waals surface area contributed by atoms with E-state index in [1.54, 1.807) is 0 Å². The Hall–Kier alpha value is -0.0951. The zero-order valence-corrected chi connectivity index (χ0v) is 5.25. The van der Waals surface area contributed by atoms with E-state index in [0.717, 1.165) is 0 Å². The Labute approximate surface area is 56.0 Å². The molecule has 0 heterocycles. The summed E-state index contributed by atoms with van der Waals surface area (Å²) in [6.07, 6.45) is 0. The van der Waals surface area contributed by atoms with Crippen LogP contribution in [-0.2, 0) is 0 Å². The zero-order chi connectivity index (χ0) is 7.54. The molecular weight excluding hydrogens is 121 g/mol. The van der Waals surface area contributed by atoms with Gasteiger partial charge in [-0.05, 0) is 0 Å². The van der Waals surface area contributed by atoms with Crippen LogP contribution in [0.2, 0.25) is 0 Å². The SMILES string of the molecule is OCCNCCO.[B]O. The van der Waals surface area contributed by atoms with Crippen LogP contribution in [0.4, 0.5) is 0 Å². The van der Waals surface area contributed by atoms with Crippen molar-refractivity contribution in [3.8, 4) is 0 Å². The molecule has 0 aromatic carbocycles. The molecular formula is C4H12BNO3. The Kier molecular flexibility index (Phi) is 20.3. The molecule has 0 aromatic heterocycles. The fourth-order valence-corrected chi connectivity index (χ4v) is 0.283. The Morgan fingerprint density at radius 2 is 1.33 bits per heavy atom. The van der Waals surface area contributed by atoms with Crippen LogP contribution < -0.4 is 5.32 Å². The van der Waals surface area contributed by atoms with Crippen molar-refractivity contribution in [2.45, 2.75) is 0 Å². The predicted molar refractivity (Wildman–Crippen MR) is 35.0 cm³/mol. The molecule has 0 aliphatic rings. The van der Waals surface area contributed by atoms with Crippen LogP contribution in [0.5, 0.6) is 0 Å². The highest BCUT2D eigenvalue weighted by Crippen LogP contribution is 1.54. The van der Waals surface area contributed by atoms with E-state index in [1.807, 2.05) is 0 Å². The first-order valence-corrected chi connectivity index (χ1v) is 2.60. The summed E-state index contributed by atoms with van der Waals surface area (Å²) in [6.45, 7) is 1.42. The molecule has 4 N–H and O–H groups in total. The average Bonchev–Trinajstić information content (AvgIpc) is 1.94. The molecule has 4 nitrogen and oxygen atoms in total. The number of rotatable bonds is 4. The van der Waals surface area contributed by atoms with Gasteiger partial charge in [0.05, 0.1) is 13.2 Å². The Balaban J connectivity index is 0. The Morgan fingerprint density at radius 1 is 1.00 bits per heavy atom. The van der Waals surface area contributed by atoms with Gasteiger partial charge in [0.25, 0.3) is 8.05 Å². The second-order valence-corrected chi connectivity index (χ2v) is 1.20. The minimum atomic E-state index is 0.139. The molecule has 0 bridgehead atoms. The summed E-state index contributed by atoms with van der Waals surface area (Å²) in [4.78, 5) is 0. The van der Waals surface area contributed by atoms with Crippen LogP contribution in [0.1, 0.15) is 0 Å². The van der Waals surface area contributed by atoms with Gasteiger partial charge in [-0.25, -0.2) is 0 Å².